The largest absolute Gasteiger partial charge is 0.340 e. The second-order valence-corrected chi connectivity index (χ2v) is 8.91. The van der Waals surface area contributed by atoms with Gasteiger partial charge in [0, 0.05) is 39.3 Å². The van der Waals surface area contributed by atoms with E-state index in [2.05, 4.69) is 4.90 Å². The molecule has 0 aromatic heterocycles. The number of nitrogens with zero attached hydrogens (tertiary/aromatic N) is 3. The Labute approximate surface area is 168 Å². The molecule has 4 rings (SSSR count). The van der Waals surface area contributed by atoms with Crippen LogP contribution in [-0.4, -0.2) is 65.8 Å². The molecule has 1 saturated carbocycles. The lowest BCUT2D eigenvalue weighted by Crippen LogP contribution is -2.54. The van der Waals surface area contributed by atoms with E-state index in [0.717, 1.165) is 37.5 Å². The van der Waals surface area contributed by atoms with Crippen molar-refractivity contribution in [2.75, 3.05) is 33.2 Å². The second kappa shape index (κ2) is 8.64. The molecule has 1 aliphatic carbocycles. The summed E-state index contributed by atoms with van der Waals surface area (Å²) in [6.07, 6.45) is 7.65. The quantitative estimate of drug-likeness (QED) is 0.803. The van der Waals surface area contributed by atoms with Crippen LogP contribution in [0.3, 0.4) is 0 Å². The first-order valence-corrected chi connectivity index (χ1v) is 10.9. The van der Waals surface area contributed by atoms with Gasteiger partial charge in [0.25, 0.3) is 0 Å². The highest BCUT2D eigenvalue weighted by atomic mass is 16.2. The maximum absolute atomic E-state index is 13.4. The fourth-order valence-corrected chi connectivity index (χ4v) is 5.32. The lowest BCUT2D eigenvalue weighted by atomic mass is 9.86. The van der Waals surface area contributed by atoms with Gasteiger partial charge in [-0.1, -0.05) is 49.6 Å². The molecule has 2 heterocycles. The van der Waals surface area contributed by atoms with Crippen molar-refractivity contribution in [2.24, 2.45) is 11.8 Å². The predicted molar refractivity (Wildman–Crippen MR) is 110 cm³/mol. The zero-order valence-corrected chi connectivity index (χ0v) is 17.1. The maximum Gasteiger partial charge on any atom is 0.242 e. The zero-order valence-electron chi connectivity index (χ0n) is 17.1. The van der Waals surface area contributed by atoms with E-state index in [9.17, 15) is 9.59 Å². The maximum atomic E-state index is 13.4. The van der Waals surface area contributed by atoms with Gasteiger partial charge in [-0.15, -0.1) is 0 Å². The highest BCUT2D eigenvalue weighted by Gasteiger charge is 2.43. The van der Waals surface area contributed by atoms with Crippen LogP contribution in [0.1, 0.15) is 44.1 Å². The summed E-state index contributed by atoms with van der Waals surface area (Å²) in [4.78, 5) is 32.3. The lowest BCUT2D eigenvalue weighted by Gasteiger charge is -2.42. The van der Waals surface area contributed by atoms with Crippen molar-refractivity contribution in [3.05, 3.63) is 35.9 Å². The third kappa shape index (κ3) is 4.24. The van der Waals surface area contributed by atoms with Crippen LogP contribution in [0, 0.1) is 11.8 Å². The Morgan fingerprint density at radius 2 is 1.75 bits per heavy atom. The van der Waals surface area contributed by atoms with Crippen LogP contribution in [-0.2, 0) is 16.1 Å². The van der Waals surface area contributed by atoms with Gasteiger partial charge in [-0.3, -0.25) is 9.59 Å². The summed E-state index contributed by atoms with van der Waals surface area (Å²) in [5, 5.41) is 0. The molecule has 2 atom stereocenters. The van der Waals surface area contributed by atoms with Crippen molar-refractivity contribution in [3.8, 4) is 0 Å². The number of amides is 2. The Bertz CT molecular complexity index is 686. The van der Waals surface area contributed by atoms with Crippen LogP contribution in [0.4, 0.5) is 0 Å². The summed E-state index contributed by atoms with van der Waals surface area (Å²) < 4.78 is 0. The Balaban J connectivity index is 1.48. The number of benzene rings is 1. The fourth-order valence-electron chi connectivity index (χ4n) is 5.32. The molecular weight excluding hydrogens is 350 g/mol. The Morgan fingerprint density at radius 3 is 2.50 bits per heavy atom. The van der Waals surface area contributed by atoms with Crippen molar-refractivity contribution in [1.29, 1.82) is 0 Å². The highest BCUT2D eigenvalue weighted by Crippen LogP contribution is 2.30. The molecule has 5 nitrogen and oxygen atoms in total. The van der Waals surface area contributed by atoms with Crippen molar-refractivity contribution >= 4 is 11.8 Å². The van der Waals surface area contributed by atoms with E-state index >= 15 is 0 Å². The number of hydrogen-bond acceptors (Lipinski definition) is 3. The minimum absolute atomic E-state index is 0.0448. The van der Waals surface area contributed by atoms with Gasteiger partial charge < -0.3 is 14.7 Å². The van der Waals surface area contributed by atoms with Crippen LogP contribution >= 0.6 is 0 Å². The van der Waals surface area contributed by atoms with Crippen LogP contribution < -0.4 is 0 Å². The number of hydrogen-bond donors (Lipinski definition) is 0. The van der Waals surface area contributed by atoms with Gasteiger partial charge in [-0.25, -0.2) is 0 Å². The number of carbonyl (C=O) groups is 2. The van der Waals surface area contributed by atoms with E-state index in [0.29, 0.717) is 6.54 Å². The molecule has 0 bridgehead atoms. The molecule has 0 N–H and O–H groups in total. The molecule has 5 heteroatoms. The summed E-state index contributed by atoms with van der Waals surface area (Å²) in [5.74, 6) is 0.904. The molecule has 2 saturated heterocycles. The minimum Gasteiger partial charge on any atom is -0.340 e. The molecule has 0 unspecified atom stereocenters. The summed E-state index contributed by atoms with van der Waals surface area (Å²) >= 11 is 0. The molecule has 2 aliphatic heterocycles. The first-order valence-electron chi connectivity index (χ1n) is 10.9. The molecule has 152 valence electrons. The van der Waals surface area contributed by atoms with E-state index in [-0.39, 0.29) is 30.3 Å². The smallest absolute Gasteiger partial charge is 0.242 e. The molecule has 0 spiro atoms. The van der Waals surface area contributed by atoms with Crippen LogP contribution in [0.5, 0.6) is 0 Å². The van der Waals surface area contributed by atoms with Crippen LogP contribution in [0.2, 0.25) is 0 Å². The standard InChI is InChI=1S/C23H33N3O2/c1-24-21-12-13-25(14-18-8-4-2-5-9-18)16-20(21)23(28)26(17-22(24)27)15-19-10-6-3-7-11-19/h3,6-7,10-11,18,20-21H,2,4-5,8-9,12-17H2,1H3/t20-,21+/m0/s1. The van der Waals surface area contributed by atoms with Crippen molar-refractivity contribution < 1.29 is 9.59 Å². The summed E-state index contributed by atoms with van der Waals surface area (Å²) in [5.41, 5.74) is 1.08. The normalized spacial score (nSPS) is 27.6. The first-order chi connectivity index (χ1) is 13.6. The van der Waals surface area contributed by atoms with Gasteiger partial charge in [0.2, 0.25) is 11.8 Å². The molecule has 3 fully saturated rings. The third-order valence-electron chi connectivity index (χ3n) is 6.96. The number of fused-ring (bicyclic) bond motifs is 1. The van der Waals surface area contributed by atoms with Crippen LogP contribution in [0.25, 0.3) is 0 Å². The number of carbonyl (C=O) groups excluding carboxylic acids is 2. The van der Waals surface area contributed by atoms with Crippen LogP contribution in [0.15, 0.2) is 30.3 Å². The second-order valence-electron chi connectivity index (χ2n) is 8.91. The van der Waals surface area contributed by atoms with E-state index < -0.39 is 0 Å². The Kier molecular flexibility index (Phi) is 6.00. The van der Waals surface area contributed by atoms with Crippen molar-refractivity contribution in [2.45, 2.75) is 51.1 Å². The minimum atomic E-state index is -0.0995. The monoisotopic (exact) mass is 383 g/mol. The van der Waals surface area contributed by atoms with Crippen molar-refractivity contribution in [3.63, 3.8) is 0 Å². The SMILES string of the molecule is CN1C(=O)CN(Cc2ccccc2)C(=O)[C@H]2CN(CC3CCCCC3)CC[C@H]21. The predicted octanol–water partition coefficient (Wildman–Crippen LogP) is 2.76. The molecule has 2 amide bonds. The fraction of sp³-hybridized carbons (Fsp3) is 0.652. The van der Waals surface area contributed by atoms with Gasteiger partial charge in [-0.05, 0) is 30.7 Å². The molecule has 28 heavy (non-hydrogen) atoms. The van der Waals surface area contributed by atoms with E-state index in [1.807, 2.05) is 42.3 Å². The topological polar surface area (TPSA) is 43.9 Å². The summed E-state index contributed by atoms with van der Waals surface area (Å²) in [6, 6.07) is 10.1. The van der Waals surface area contributed by atoms with E-state index in [1.54, 1.807) is 4.90 Å². The highest BCUT2D eigenvalue weighted by molar-refractivity contribution is 5.89. The average Bonchev–Trinajstić information content (AvgIpc) is 2.81. The summed E-state index contributed by atoms with van der Waals surface area (Å²) in [7, 11) is 1.89. The van der Waals surface area contributed by atoms with Gasteiger partial charge in [0.15, 0.2) is 0 Å². The lowest BCUT2D eigenvalue weighted by molar-refractivity contribution is -0.139. The molecule has 0 radical (unpaired) electrons. The van der Waals surface area contributed by atoms with Gasteiger partial charge >= 0.3 is 0 Å². The van der Waals surface area contributed by atoms with E-state index in [4.69, 9.17) is 0 Å². The van der Waals surface area contributed by atoms with Gasteiger partial charge in [-0.2, -0.15) is 0 Å². The van der Waals surface area contributed by atoms with Gasteiger partial charge in [0.1, 0.15) is 6.54 Å². The Hall–Kier alpha value is -1.88. The number of rotatable bonds is 4. The third-order valence-corrected chi connectivity index (χ3v) is 6.96. The number of likely N-dealkylation sites (N-methyl/N-ethyl adjacent to an activating group) is 1. The molecular formula is C23H33N3O2. The molecule has 1 aromatic rings. The average molecular weight is 384 g/mol. The van der Waals surface area contributed by atoms with Crippen molar-refractivity contribution in [1.82, 2.24) is 14.7 Å². The summed E-state index contributed by atoms with van der Waals surface area (Å²) in [6.45, 7) is 3.63. The number of likely N-dealkylation sites (tertiary alicyclic amines) is 1. The van der Waals surface area contributed by atoms with Gasteiger partial charge in [0.05, 0.1) is 5.92 Å². The molecule has 3 aliphatic rings. The zero-order chi connectivity index (χ0) is 19.5. The first kappa shape index (κ1) is 19.4. The number of piperidine rings is 1. The molecule has 1 aromatic carbocycles. The Morgan fingerprint density at radius 1 is 1.00 bits per heavy atom. The van der Waals surface area contributed by atoms with E-state index in [1.165, 1.54) is 32.1 Å².